The first-order chi connectivity index (χ1) is 8.13. The summed E-state index contributed by atoms with van der Waals surface area (Å²) in [5.74, 6) is -0.711. The minimum atomic E-state index is -2.01. The maximum absolute atomic E-state index is 10.2. The van der Waals surface area contributed by atoms with E-state index in [0.717, 1.165) is 51.4 Å². The van der Waals surface area contributed by atoms with Gasteiger partial charge in [-0.1, -0.05) is 38.5 Å². The quantitative estimate of drug-likeness (QED) is 0.459. The summed E-state index contributed by atoms with van der Waals surface area (Å²) in [5, 5.41) is 9.74. The van der Waals surface area contributed by atoms with Gasteiger partial charge in [0, 0.05) is 11.8 Å². The molecule has 0 aliphatic heterocycles. The SMILES string of the molecule is O=C(O)CCCCCCCCCCC=S(=O)=O. The van der Waals surface area contributed by atoms with Crippen LogP contribution in [0.25, 0.3) is 0 Å². The average Bonchev–Trinajstić information content (AvgIpc) is 2.25. The van der Waals surface area contributed by atoms with Gasteiger partial charge >= 0.3 is 5.97 Å². The predicted molar refractivity (Wildman–Crippen MR) is 68.8 cm³/mol. The highest BCUT2D eigenvalue weighted by Gasteiger charge is 1.96. The highest BCUT2D eigenvalue weighted by molar-refractivity contribution is 7.71. The largest absolute Gasteiger partial charge is 0.481 e. The number of carboxylic acid groups (broad SMARTS) is 1. The van der Waals surface area contributed by atoms with E-state index in [-0.39, 0.29) is 6.42 Å². The molecule has 0 saturated carbocycles. The third-order valence-corrected chi connectivity index (χ3v) is 3.11. The third kappa shape index (κ3) is 15.2. The predicted octanol–water partition coefficient (Wildman–Crippen LogP) is 2.65. The summed E-state index contributed by atoms with van der Waals surface area (Å²) in [7, 11) is -2.01. The first-order valence-corrected chi connectivity index (χ1v) is 7.40. The van der Waals surface area contributed by atoms with Gasteiger partial charge in [0.1, 0.15) is 0 Å². The van der Waals surface area contributed by atoms with Crippen LogP contribution in [0.5, 0.6) is 0 Å². The van der Waals surface area contributed by atoms with E-state index in [1.54, 1.807) is 0 Å². The Morgan fingerprint density at radius 2 is 1.35 bits per heavy atom. The van der Waals surface area contributed by atoms with E-state index in [1.807, 2.05) is 0 Å². The zero-order valence-corrected chi connectivity index (χ0v) is 11.0. The fourth-order valence-corrected chi connectivity index (χ4v) is 2.02. The van der Waals surface area contributed by atoms with Crippen LogP contribution in [-0.4, -0.2) is 24.9 Å². The zero-order chi connectivity index (χ0) is 12.9. The summed E-state index contributed by atoms with van der Waals surface area (Å²) >= 11 is 0. The van der Waals surface area contributed by atoms with Gasteiger partial charge < -0.3 is 5.11 Å². The summed E-state index contributed by atoms with van der Waals surface area (Å²) in [5.41, 5.74) is 0. The van der Waals surface area contributed by atoms with E-state index >= 15 is 0 Å². The minimum Gasteiger partial charge on any atom is -0.481 e. The Kier molecular flexibility index (Phi) is 11.1. The average molecular weight is 262 g/mol. The number of hydrogen-bond acceptors (Lipinski definition) is 3. The molecule has 0 fully saturated rings. The van der Waals surface area contributed by atoms with Crippen LogP contribution in [0.15, 0.2) is 0 Å². The summed E-state index contributed by atoms with van der Waals surface area (Å²) < 4.78 is 20.4. The van der Waals surface area contributed by atoms with Gasteiger partial charge in [0.25, 0.3) is 0 Å². The maximum Gasteiger partial charge on any atom is 0.303 e. The van der Waals surface area contributed by atoms with E-state index in [4.69, 9.17) is 5.11 Å². The van der Waals surface area contributed by atoms with Crippen molar-refractivity contribution in [1.29, 1.82) is 0 Å². The minimum absolute atomic E-state index is 0.280. The molecule has 0 aliphatic rings. The Hall–Kier alpha value is -0.840. The van der Waals surface area contributed by atoms with Gasteiger partial charge in [-0.05, 0) is 19.3 Å². The third-order valence-electron chi connectivity index (χ3n) is 2.60. The molecule has 0 bridgehead atoms. The molecule has 0 aromatic carbocycles. The molecule has 0 saturated heterocycles. The fourth-order valence-electron chi connectivity index (χ4n) is 1.66. The van der Waals surface area contributed by atoms with Crippen molar-refractivity contribution in [2.45, 2.75) is 64.2 Å². The Balaban J connectivity index is 3.08. The van der Waals surface area contributed by atoms with E-state index in [2.05, 4.69) is 0 Å². The number of aliphatic carboxylic acids is 1. The molecule has 5 heteroatoms. The van der Waals surface area contributed by atoms with Crippen LogP contribution in [0.2, 0.25) is 0 Å². The molecule has 1 N–H and O–H groups in total. The summed E-state index contributed by atoms with van der Waals surface area (Å²) in [4.78, 5) is 10.2. The van der Waals surface area contributed by atoms with Crippen molar-refractivity contribution in [3.8, 4) is 0 Å². The Labute approximate surface area is 105 Å². The van der Waals surface area contributed by atoms with Gasteiger partial charge in [-0.3, -0.25) is 4.79 Å². The van der Waals surface area contributed by atoms with Gasteiger partial charge in [-0.25, -0.2) is 0 Å². The molecular weight excluding hydrogens is 240 g/mol. The second-order valence-electron chi connectivity index (χ2n) is 4.19. The Morgan fingerprint density at radius 3 is 1.82 bits per heavy atom. The van der Waals surface area contributed by atoms with Crippen molar-refractivity contribution in [3.05, 3.63) is 0 Å². The lowest BCUT2D eigenvalue weighted by molar-refractivity contribution is -0.137. The molecule has 0 rings (SSSR count). The summed E-state index contributed by atoms with van der Waals surface area (Å²) in [6.07, 6.45) is 9.26. The molecular formula is C12H22O4S. The van der Waals surface area contributed by atoms with Gasteiger partial charge in [0.15, 0.2) is 0 Å². The smallest absolute Gasteiger partial charge is 0.303 e. The summed E-state index contributed by atoms with van der Waals surface area (Å²) in [6, 6.07) is 0. The zero-order valence-electron chi connectivity index (χ0n) is 10.2. The number of carbonyl (C=O) groups is 1. The lowest BCUT2D eigenvalue weighted by Crippen LogP contribution is -1.93. The van der Waals surface area contributed by atoms with Crippen LogP contribution in [0.4, 0.5) is 0 Å². The normalized spacial score (nSPS) is 10.1. The van der Waals surface area contributed by atoms with Crippen molar-refractivity contribution in [2.24, 2.45) is 0 Å². The molecule has 17 heavy (non-hydrogen) atoms. The van der Waals surface area contributed by atoms with Crippen molar-refractivity contribution >= 4 is 21.6 Å². The van der Waals surface area contributed by atoms with E-state index in [9.17, 15) is 13.2 Å². The van der Waals surface area contributed by atoms with Crippen LogP contribution >= 0.6 is 0 Å². The molecule has 0 radical (unpaired) electrons. The van der Waals surface area contributed by atoms with Crippen molar-refractivity contribution in [2.75, 3.05) is 0 Å². The molecule has 100 valence electrons. The summed E-state index contributed by atoms with van der Waals surface area (Å²) in [6.45, 7) is 0. The highest BCUT2D eigenvalue weighted by Crippen LogP contribution is 2.10. The fraction of sp³-hybridized carbons (Fsp3) is 0.833. The standard InChI is InChI=1S/C12H22O4S/c13-12(14)10-8-6-4-2-1-3-5-7-9-11-17(15)16/h11H,1-10H2,(H,13,14). The molecule has 0 heterocycles. The van der Waals surface area contributed by atoms with Crippen LogP contribution in [0, 0.1) is 0 Å². The topological polar surface area (TPSA) is 71.4 Å². The highest BCUT2D eigenvalue weighted by atomic mass is 32.2. The van der Waals surface area contributed by atoms with E-state index < -0.39 is 16.3 Å². The van der Waals surface area contributed by atoms with Crippen LogP contribution < -0.4 is 0 Å². The van der Waals surface area contributed by atoms with Gasteiger partial charge in [-0.2, -0.15) is 8.42 Å². The number of hydrogen-bond donors (Lipinski definition) is 1. The second kappa shape index (κ2) is 11.6. The molecule has 4 nitrogen and oxygen atoms in total. The van der Waals surface area contributed by atoms with Crippen molar-refractivity contribution < 1.29 is 18.3 Å². The lowest BCUT2D eigenvalue weighted by Gasteiger charge is -2.00. The Bertz CT molecular complexity index is 311. The molecule has 0 aromatic heterocycles. The van der Waals surface area contributed by atoms with Crippen LogP contribution in [0.1, 0.15) is 64.2 Å². The molecule has 0 aromatic rings. The molecule has 0 atom stereocenters. The molecule has 0 spiro atoms. The maximum atomic E-state index is 10.2. The Morgan fingerprint density at radius 1 is 0.882 bits per heavy atom. The molecule has 0 amide bonds. The van der Waals surface area contributed by atoms with Gasteiger partial charge in [0.05, 0.1) is 0 Å². The molecule has 0 unspecified atom stereocenters. The van der Waals surface area contributed by atoms with Crippen LogP contribution in [0.3, 0.4) is 0 Å². The first-order valence-electron chi connectivity index (χ1n) is 6.26. The first kappa shape index (κ1) is 16.2. The second-order valence-corrected chi connectivity index (χ2v) is 5.04. The van der Waals surface area contributed by atoms with Crippen molar-refractivity contribution in [3.63, 3.8) is 0 Å². The monoisotopic (exact) mass is 262 g/mol. The molecule has 0 aliphatic carbocycles. The number of carboxylic acids is 1. The van der Waals surface area contributed by atoms with E-state index in [1.165, 1.54) is 5.37 Å². The van der Waals surface area contributed by atoms with Crippen molar-refractivity contribution in [1.82, 2.24) is 0 Å². The van der Waals surface area contributed by atoms with E-state index in [0.29, 0.717) is 6.42 Å². The lowest BCUT2D eigenvalue weighted by atomic mass is 10.1. The number of unbranched alkanes of at least 4 members (excludes halogenated alkanes) is 8. The van der Waals surface area contributed by atoms with Crippen LogP contribution in [-0.2, 0) is 15.1 Å². The van der Waals surface area contributed by atoms with Gasteiger partial charge in [0.2, 0.25) is 10.3 Å². The van der Waals surface area contributed by atoms with Gasteiger partial charge in [-0.15, -0.1) is 0 Å². The number of rotatable bonds is 11.